The number of carbonyl (C=O) groups is 1. The van der Waals surface area contributed by atoms with Crippen LogP contribution >= 0.6 is 0 Å². The van der Waals surface area contributed by atoms with Crippen molar-refractivity contribution < 1.29 is 13.9 Å². The molecule has 1 aromatic heterocycles. The standard InChI is InChI=1S/C14H12FNO2/c1-9-8-16-7-6-10(9)14(17)11-4-3-5-12(18-2)13(11)15/h3-8H,1-2H3. The van der Waals surface area contributed by atoms with Crippen LogP contribution in [0.25, 0.3) is 0 Å². The topological polar surface area (TPSA) is 39.2 Å². The van der Waals surface area contributed by atoms with Crippen molar-refractivity contribution in [3.8, 4) is 5.75 Å². The molecule has 0 amide bonds. The number of hydrogen-bond acceptors (Lipinski definition) is 3. The van der Waals surface area contributed by atoms with Gasteiger partial charge in [-0.05, 0) is 30.7 Å². The van der Waals surface area contributed by atoms with E-state index < -0.39 is 5.82 Å². The summed E-state index contributed by atoms with van der Waals surface area (Å²) in [5.41, 5.74) is 1.16. The minimum Gasteiger partial charge on any atom is -0.494 e. The zero-order valence-corrected chi connectivity index (χ0v) is 10.1. The molecule has 0 aliphatic rings. The Labute approximate surface area is 104 Å². The van der Waals surface area contributed by atoms with Crippen molar-refractivity contribution in [2.24, 2.45) is 0 Å². The lowest BCUT2D eigenvalue weighted by atomic mass is 10.0. The number of ketones is 1. The summed E-state index contributed by atoms with van der Waals surface area (Å²) < 4.78 is 18.8. The van der Waals surface area contributed by atoms with Gasteiger partial charge in [0, 0.05) is 18.0 Å². The number of hydrogen-bond donors (Lipinski definition) is 0. The predicted octanol–water partition coefficient (Wildman–Crippen LogP) is 2.77. The van der Waals surface area contributed by atoms with Gasteiger partial charge >= 0.3 is 0 Å². The zero-order valence-electron chi connectivity index (χ0n) is 10.1. The maximum Gasteiger partial charge on any atom is 0.196 e. The van der Waals surface area contributed by atoms with E-state index >= 15 is 0 Å². The number of carbonyl (C=O) groups excluding carboxylic acids is 1. The van der Waals surface area contributed by atoms with Crippen molar-refractivity contribution in [2.45, 2.75) is 6.92 Å². The first-order valence-electron chi connectivity index (χ1n) is 5.43. The largest absolute Gasteiger partial charge is 0.494 e. The van der Waals surface area contributed by atoms with Crippen molar-refractivity contribution in [3.63, 3.8) is 0 Å². The maximum absolute atomic E-state index is 14.0. The Balaban J connectivity index is 2.50. The van der Waals surface area contributed by atoms with Crippen LogP contribution < -0.4 is 4.74 Å². The molecular formula is C14H12FNO2. The molecule has 0 fully saturated rings. The summed E-state index contributed by atoms with van der Waals surface area (Å²) in [5.74, 6) is -0.944. The lowest BCUT2D eigenvalue weighted by Gasteiger charge is -2.08. The van der Waals surface area contributed by atoms with Gasteiger partial charge in [-0.25, -0.2) is 4.39 Å². The molecule has 0 unspecified atom stereocenters. The summed E-state index contributed by atoms with van der Waals surface area (Å²) >= 11 is 0. The lowest BCUT2D eigenvalue weighted by molar-refractivity contribution is 0.103. The second kappa shape index (κ2) is 4.96. The van der Waals surface area contributed by atoms with Crippen LogP contribution in [0.4, 0.5) is 4.39 Å². The molecule has 0 spiro atoms. The van der Waals surface area contributed by atoms with E-state index in [0.717, 1.165) is 0 Å². The van der Waals surface area contributed by atoms with Gasteiger partial charge in [0.2, 0.25) is 0 Å². The van der Waals surface area contributed by atoms with E-state index in [-0.39, 0.29) is 17.1 Å². The Morgan fingerprint density at radius 2 is 2.06 bits per heavy atom. The van der Waals surface area contributed by atoms with Gasteiger partial charge < -0.3 is 4.74 Å². The van der Waals surface area contributed by atoms with Crippen LogP contribution in [0.2, 0.25) is 0 Å². The number of halogens is 1. The number of aryl methyl sites for hydroxylation is 1. The minimum atomic E-state index is -0.638. The van der Waals surface area contributed by atoms with Crippen LogP contribution in [0.3, 0.4) is 0 Å². The molecule has 0 saturated heterocycles. The van der Waals surface area contributed by atoms with E-state index in [2.05, 4.69) is 4.98 Å². The smallest absolute Gasteiger partial charge is 0.196 e. The Bertz CT molecular complexity index is 596. The summed E-state index contributed by atoms with van der Waals surface area (Å²) in [6.07, 6.45) is 3.09. The van der Waals surface area contributed by atoms with Crippen LogP contribution in [0.5, 0.6) is 5.75 Å². The Hall–Kier alpha value is -2.23. The highest BCUT2D eigenvalue weighted by atomic mass is 19.1. The minimum absolute atomic E-state index is 0.00338. The molecule has 0 N–H and O–H groups in total. The summed E-state index contributed by atoms with van der Waals surface area (Å²) in [6, 6.07) is 6.09. The molecule has 2 aromatic rings. The van der Waals surface area contributed by atoms with Gasteiger partial charge in [-0.3, -0.25) is 9.78 Å². The number of nitrogens with zero attached hydrogens (tertiary/aromatic N) is 1. The molecule has 0 aliphatic heterocycles. The molecule has 0 radical (unpaired) electrons. The van der Waals surface area contributed by atoms with Crippen LogP contribution in [0, 0.1) is 12.7 Å². The fourth-order valence-electron chi connectivity index (χ4n) is 1.72. The first kappa shape index (κ1) is 12.2. The quantitative estimate of drug-likeness (QED) is 0.780. The number of benzene rings is 1. The second-order valence-electron chi connectivity index (χ2n) is 3.84. The average Bonchev–Trinajstić information content (AvgIpc) is 2.39. The van der Waals surface area contributed by atoms with E-state index in [9.17, 15) is 9.18 Å². The van der Waals surface area contributed by atoms with E-state index in [1.54, 1.807) is 25.3 Å². The third-order valence-electron chi connectivity index (χ3n) is 2.69. The molecule has 92 valence electrons. The molecular weight excluding hydrogens is 233 g/mol. The van der Waals surface area contributed by atoms with Gasteiger partial charge in [0.25, 0.3) is 0 Å². The summed E-state index contributed by atoms with van der Waals surface area (Å²) in [7, 11) is 1.37. The van der Waals surface area contributed by atoms with Crippen LogP contribution in [-0.4, -0.2) is 17.9 Å². The average molecular weight is 245 g/mol. The third kappa shape index (κ3) is 2.09. The van der Waals surface area contributed by atoms with Crippen LogP contribution in [0.1, 0.15) is 21.5 Å². The van der Waals surface area contributed by atoms with Crippen LogP contribution in [0.15, 0.2) is 36.7 Å². The van der Waals surface area contributed by atoms with Crippen LogP contribution in [-0.2, 0) is 0 Å². The molecule has 18 heavy (non-hydrogen) atoms. The van der Waals surface area contributed by atoms with Gasteiger partial charge in [0.15, 0.2) is 17.3 Å². The first-order chi connectivity index (χ1) is 8.65. The van der Waals surface area contributed by atoms with E-state index in [1.165, 1.54) is 25.4 Å². The highest BCUT2D eigenvalue weighted by Gasteiger charge is 2.18. The predicted molar refractivity (Wildman–Crippen MR) is 65.4 cm³/mol. The van der Waals surface area contributed by atoms with Crippen molar-refractivity contribution in [3.05, 3.63) is 59.2 Å². The number of aromatic nitrogens is 1. The fourth-order valence-corrected chi connectivity index (χ4v) is 1.72. The Morgan fingerprint density at radius 3 is 2.72 bits per heavy atom. The summed E-state index contributed by atoms with van der Waals surface area (Å²) in [6.45, 7) is 1.76. The van der Waals surface area contributed by atoms with Gasteiger partial charge in [-0.15, -0.1) is 0 Å². The second-order valence-corrected chi connectivity index (χ2v) is 3.84. The monoisotopic (exact) mass is 245 g/mol. The normalized spacial score (nSPS) is 10.2. The third-order valence-corrected chi connectivity index (χ3v) is 2.69. The Morgan fingerprint density at radius 1 is 1.28 bits per heavy atom. The number of methoxy groups -OCH3 is 1. The maximum atomic E-state index is 14.0. The summed E-state index contributed by atoms with van der Waals surface area (Å²) in [4.78, 5) is 16.1. The molecule has 3 nitrogen and oxygen atoms in total. The molecule has 0 atom stereocenters. The molecule has 4 heteroatoms. The SMILES string of the molecule is COc1cccc(C(=O)c2ccncc2C)c1F. The fraction of sp³-hybridized carbons (Fsp3) is 0.143. The first-order valence-corrected chi connectivity index (χ1v) is 5.43. The van der Waals surface area contributed by atoms with E-state index in [4.69, 9.17) is 4.74 Å². The van der Waals surface area contributed by atoms with E-state index in [0.29, 0.717) is 11.1 Å². The molecule has 0 aliphatic carbocycles. The lowest BCUT2D eigenvalue weighted by Crippen LogP contribution is -2.07. The number of rotatable bonds is 3. The number of ether oxygens (including phenoxy) is 1. The van der Waals surface area contributed by atoms with Gasteiger partial charge in [0.1, 0.15) is 0 Å². The molecule has 0 bridgehead atoms. The zero-order chi connectivity index (χ0) is 13.1. The molecule has 1 heterocycles. The van der Waals surface area contributed by atoms with Crippen molar-refractivity contribution >= 4 is 5.78 Å². The van der Waals surface area contributed by atoms with E-state index in [1.807, 2.05) is 0 Å². The molecule has 1 aromatic carbocycles. The highest BCUT2D eigenvalue weighted by Crippen LogP contribution is 2.23. The van der Waals surface area contributed by atoms with Gasteiger partial charge in [-0.2, -0.15) is 0 Å². The van der Waals surface area contributed by atoms with Gasteiger partial charge in [0.05, 0.1) is 12.7 Å². The van der Waals surface area contributed by atoms with Crippen molar-refractivity contribution in [2.75, 3.05) is 7.11 Å². The molecule has 0 saturated carbocycles. The number of pyridine rings is 1. The van der Waals surface area contributed by atoms with Gasteiger partial charge in [-0.1, -0.05) is 6.07 Å². The summed E-state index contributed by atoms with van der Waals surface area (Å²) in [5, 5.41) is 0. The Kier molecular flexibility index (Phi) is 3.37. The molecule has 2 rings (SSSR count). The van der Waals surface area contributed by atoms with Crippen molar-refractivity contribution in [1.82, 2.24) is 4.98 Å². The van der Waals surface area contributed by atoms with Crippen molar-refractivity contribution in [1.29, 1.82) is 0 Å². The highest BCUT2D eigenvalue weighted by molar-refractivity contribution is 6.10.